The molecule has 0 spiro atoms. The fourth-order valence-corrected chi connectivity index (χ4v) is 2.35. The van der Waals surface area contributed by atoms with Crippen molar-refractivity contribution < 1.29 is 9.53 Å². The molecule has 1 atom stereocenters. The molecule has 0 radical (unpaired) electrons. The van der Waals surface area contributed by atoms with Crippen LogP contribution in [0.5, 0.6) is 5.75 Å². The minimum Gasteiger partial charge on any atom is -0.489 e. The van der Waals surface area contributed by atoms with E-state index in [1.165, 1.54) is 5.56 Å². The molecule has 4 nitrogen and oxygen atoms in total. The summed E-state index contributed by atoms with van der Waals surface area (Å²) in [4.78, 5) is 11.6. The van der Waals surface area contributed by atoms with Gasteiger partial charge in [-0.25, -0.2) is 0 Å². The second-order valence-electron chi connectivity index (χ2n) is 5.67. The molecular weight excluding hydrogens is 324 g/mol. The molecule has 0 saturated carbocycles. The lowest BCUT2D eigenvalue weighted by Gasteiger charge is -2.15. The van der Waals surface area contributed by atoms with Crippen LogP contribution in [-0.2, 0) is 11.4 Å². The van der Waals surface area contributed by atoms with Crippen LogP contribution in [0, 0.1) is 6.92 Å². The summed E-state index contributed by atoms with van der Waals surface area (Å²) in [6.07, 6.45) is 0.349. The van der Waals surface area contributed by atoms with Crippen molar-refractivity contribution in [2.24, 2.45) is 5.73 Å². The molecular formula is C19H25ClN2O2. The van der Waals surface area contributed by atoms with Crippen LogP contribution in [0.3, 0.4) is 0 Å². The molecule has 2 rings (SSSR count). The molecule has 0 heterocycles. The molecule has 0 aromatic heterocycles. The molecule has 2 aromatic carbocycles. The van der Waals surface area contributed by atoms with Gasteiger partial charge >= 0.3 is 0 Å². The highest BCUT2D eigenvalue weighted by atomic mass is 35.5. The van der Waals surface area contributed by atoms with Gasteiger partial charge in [0, 0.05) is 13.0 Å². The zero-order valence-corrected chi connectivity index (χ0v) is 14.9. The first-order valence-corrected chi connectivity index (χ1v) is 7.86. The molecule has 0 fully saturated rings. The average molecular weight is 349 g/mol. The van der Waals surface area contributed by atoms with Gasteiger partial charge in [-0.2, -0.15) is 0 Å². The van der Waals surface area contributed by atoms with Crippen LogP contribution in [0.15, 0.2) is 48.5 Å². The molecule has 130 valence electrons. The van der Waals surface area contributed by atoms with Crippen molar-refractivity contribution in [3.63, 3.8) is 0 Å². The van der Waals surface area contributed by atoms with Gasteiger partial charge in [-0.05, 0) is 37.1 Å². The fraction of sp³-hybridized carbons (Fsp3) is 0.316. The van der Waals surface area contributed by atoms with E-state index in [0.717, 1.165) is 16.9 Å². The lowest BCUT2D eigenvalue weighted by Crippen LogP contribution is -2.28. The van der Waals surface area contributed by atoms with E-state index < -0.39 is 0 Å². The van der Waals surface area contributed by atoms with Crippen LogP contribution in [0.2, 0.25) is 0 Å². The number of hydrogen-bond acceptors (Lipinski definition) is 3. The molecule has 24 heavy (non-hydrogen) atoms. The third-order valence-electron chi connectivity index (χ3n) is 3.62. The summed E-state index contributed by atoms with van der Waals surface area (Å²) in [5.74, 6) is 0.788. The maximum absolute atomic E-state index is 11.6. The summed E-state index contributed by atoms with van der Waals surface area (Å²) in [7, 11) is 0. The Morgan fingerprint density at radius 1 is 1.21 bits per heavy atom. The number of carbonyl (C=O) groups is 1. The zero-order valence-electron chi connectivity index (χ0n) is 14.1. The van der Waals surface area contributed by atoms with Gasteiger partial charge in [0.1, 0.15) is 12.4 Å². The predicted octanol–water partition coefficient (Wildman–Crippen LogP) is 3.52. The molecule has 0 aliphatic heterocycles. The smallest absolute Gasteiger partial charge is 0.221 e. The molecule has 5 heteroatoms. The Hall–Kier alpha value is -2.04. The van der Waals surface area contributed by atoms with E-state index in [2.05, 4.69) is 30.4 Å². The SMILES string of the molecule is Cc1cccc(COc2ccc(C(C)NC(=O)CCN)cc2)c1.Cl. The average Bonchev–Trinajstić information content (AvgIpc) is 2.53. The second kappa shape index (κ2) is 9.96. The summed E-state index contributed by atoms with van der Waals surface area (Å²) in [6, 6.07) is 16.0. The lowest BCUT2D eigenvalue weighted by molar-refractivity contribution is -0.121. The molecule has 0 aliphatic carbocycles. The largest absolute Gasteiger partial charge is 0.489 e. The normalized spacial score (nSPS) is 11.3. The van der Waals surface area contributed by atoms with Crippen LogP contribution in [0.1, 0.15) is 36.1 Å². The van der Waals surface area contributed by atoms with Gasteiger partial charge in [0.15, 0.2) is 0 Å². The van der Waals surface area contributed by atoms with Crippen molar-refractivity contribution >= 4 is 18.3 Å². The highest BCUT2D eigenvalue weighted by Crippen LogP contribution is 2.19. The summed E-state index contributed by atoms with van der Waals surface area (Å²) < 4.78 is 5.80. The topological polar surface area (TPSA) is 64.3 Å². The summed E-state index contributed by atoms with van der Waals surface area (Å²) in [5.41, 5.74) is 8.79. The molecule has 0 saturated heterocycles. The van der Waals surface area contributed by atoms with Gasteiger partial charge in [-0.3, -0.25) is 4.79 Å². The molecule has 0 aliphatic rings. The Labute approximate surface area is 149 Å². The van der Waals surface area contributed by atoms with E-state index in [1.807, 2.05) is 37.3 Å². The number of carbonyl (C=O) groups excluding carboxylic acids is 1. The molecule has 1 unspecified atom stereocenters. The lowest BCUT2D eigenvalue weighted by atomic mass is 10.1. The van der Waals surface area contributed by atoms with Gasteiger partial charge in [0.05, 0.1) is 6.04 Å². The maximum atomic E-state index is 11.6. The summed E-state index contributed by atoms with van der Waals surface area (Å²) >= 11 is 0. The first-order chi connectivity index (χ1) is 11.1. The van der Waals surface area contributed by atoms with Gasteiger partial charge in [-0.15, -0.1) is 12.4 Å². The number of halogens is 1. The van der Waals surface area contributed by atoms with Crippen molar-refractivity contribution in [3.05, 3.63) is 65.2 Å². The molecule has 2 aromatic rings. The predicted molar refractivity (Wildman–Crippen MR) is 99.4 cm³/mol. The highest BCUT2D eigenvalue weighted by Gasteiger charge is 2.09. The molecule has 1 amide bonds. The third kappa shape index (κ3) is 6.22. The number of amides is 1. The van der Waals surface area contributed by atoms with Crippen LogP contribution in [0.4, 0.5) is 0 Å². The number of ether oxygens (including phenoxy) is 1. The maximum Gasteiger partial charge on any atom is 0.221 e. The number of hydrogen-bond donors (Lipinski definition) is 2. The number of benzene rings is 2. The van der Waals surface area contributed by atoms with E-state index in [4.69, 9.17) is 10.5 Å². The van der Waals surface area contributed by atoms with Gasteiger partial charge in [0.2, 0.25) is 5.91 Å². The quantitative estimate of drug-likeness (QED) is 0.804. The van der Waals surface area contributed by atoms with Gasteiger partial charge < -0.3 is 15.8 Å². The van der Waals surface area contributed by atoms with Crippen LogP contribution in [0.25, 0.3) is 0 Å². The van der Waals surface area contributed by atoms with Crippen LogP contribution < -0.4 is 15.8 Å². The van der Waals surface area contributed by atoms with Crippen LogP contribution in [-0.4, -0.2) is 12.5 Å². The minimum atomic E-state index is -0.0418. The van der Waals surface area contributed by atoms with Crippen molar-refractivity contribution in [2.45, 2.75) is 32.9 Å². The van der Waals surface area contributed by atoms with E-state index in [9.17, 15) is 4.79 Å². The van der Waals surface area contributed by atoms with Crippen molar-refractivity contribution in [3.8, 4) is 5.75 Å². The fourth-order valence-electron chi connectivity index (χ4n) is 2.35. The second-order valence-corrected chi connectivity index (χ2v) is 5.67. The van der Waals surface area contributed by atoms with Gasteiger partial charge in [0.25, 0.3) is 0 Å². The minimum absolute atomic E-state index is 0. The Morgan fingerprint density at radius 2 is 1.92 bits per heavy atom. The monoisotopic (exact) mass is 348 g/mol. The first-order valence-electron chi connectivity index (χ1n) is 7.86. The number of nitrogens with one attached hydrogen (secondary N) is 1. The van der Waals surface area contributed by atoms with Crippen LogP contribution >= 0.6 is 12.4 Å². The first kappa shape index (κ1) is 20.0. The van der Waals surface area contributed by atoms with E-state index in [0.29, 0.717) is 19.6 Å². The Bertz CT molecular complexity index is 644. The van der Waals surface area contributed by atoms with E-state index in [1.54, 1.807) is 0 Å². The molecule has 3 N–H and O–H groups in total. The van der Waals surface area contributed by atoms with Gasteiger partial charge in [-0.1, -0.05) is 42.0 Å². The Morgan fingerprint density at radius 3 is 2.54 bits per heavy atom. The third-order valence-corrected chi connectivity index (χ3v) is 3.62. The van der Waals surface area contributed by atoms with E-state index >= 15 is 0 Å². The number of nitrogens with two attached hydrogens (primary N) is 1. The number of rotatable bonds is 7. The number of aryl methyl sites for hydroxylation is 1. The van der Waals surface area contributed by atoms with Crippen molar-refractivity contribution in [1.82, 2.24) is 5.32 Å². The Kier molecular flexibility index (Phi) is 8.30. The summed E-state index contributed by atoms with van der Waals surface area (Å²) in [6.45, 7) is 4.93. The standard InChI is InChI=1S/C19H24N2O2.ClH/c1-14-4-3-5-16(12-14)13-23-18-8-6-17(7-9-18)15(2)21-19(22)10-11-20;/h3-9,12,15H,10-11,13,20H2,1-2H3,(H,21,22);1H. The molecule has 0 bridgehead atoms. The highest BCUT2D eigenvalue weighted by molar-refractivity contribution is 5.85. The summed E-state index contributed by atoms with van der Waals surface area (Å²) in [5, 5.41) is 2.92. The zero-order chi connectivity index (χ0) is 16.7. The Balaban J connectivity index is 0.00000288. The van der Waals surface area contributed by atoms with Crippen molar-refractivity contribution in [2.75, 3.05) is 6.54 Å². The van der Waals surface area contributed by atoms with E-state index in [-0.39, 0.29) is 24.4 Å². The van der Waals surface area contributed by atoms with Crippen molar-refractivity contribution in [1.29, 1.82) is 0 Å².